The van der Waals surface area contributed by atoms with Gasteiger partial charge in [0.05, 0.1) is 23.5 Å². The molecule has 1 N–H and O–H groups in total. The minimum atomic E-state index is -3.47. The fourth-order valence-electron chi connectivity index (χ4n) is 3.54. The van der Waals surface area contributed by atoms with Crippen LogP contribution >= 0.6 is 0 Å². The number of para-hydroxylation sites is 1. The summed E-state index contributed by atoms with van der Waals surface area (Å²) in [6.45, 7) is 0.465. The van der Waals surface area contributed by atoms with Crippen molar-refractivity contribution in [2.24, 2.45) is 5.41 Å². The Bertz CT molecular complexity index is 711. The monoisotopic (exact) mass is 339 g/mol. The van der Waals surface area contributed by atoms with E-state index >= 15 is 0 Å². The lowest BCUT2D eigenvalue weighted by atomic mass is 9.78. The molecule has 126 valence electrons. The molecular weight excluding hydrogens is 318 g/mol. The van der Waals surface area contributed by atoms with Crippen LogP contribution in [-0.2, 0) is 19.6 Å². The van der Waals surface area contributed by atoms with E-state index < -0.39 is 21.4 Å². The van der Waals surface area contributed by atoms with Crippen molar-refractivity contribution in [2.45, 2.75) is 25.2 Å². The Labute approximate surface area is 136 Å². The minimum Gasteiger partial charge on any atom is -0.481 e. The van der Waals surface area contributed by atoms with Crippen molar-refractivity contribution in [1.29, 1.82) is 0 Å². The fourth-order valence-corrected chi connectivity index (χ4v) is 4.99. The molecule has 1 heterocycles. The summed E-state index contributed by atoms with van der Waals surface area (Å²) < 4.78 is 31.4. The maximum absolute atomic E-state index is 12.5. The van der Waals surface area contributed by atoms with Crippen LogP contribution in [0.5, 0.6) is 0 Å². The molecule has 2 aliphatic rings. The Morgan fingerprint density at radius 2 is 2.09 bits per heavy atom. The molecule has 0 saturated heterocycles. The molecule has 0 radical (unpaired) electrons. The molecule has 23 heavy (non-hydrogen) atoms. The molecule has 0 amide bonds. The van der Waals surface area contributed by atoms with Crippen molar-refractivity contribution in [1.82, 2.24) is 0 Å². The fraction of sp³-hybridized carbons (Fsp3) is 0.562. The average Bonchev–Trinajstić information content (AvgIpc) is 3.33. The molecule has 0 aromatic heterocycles. The van der Waals surface area contributed by atoms with Crippen molar-refractivity contribution in [3.05, 3.63) is 29.8 Å². The van der Waals surface area contributed by atoms with E-state index in [1.807, 2.05) is 12.1 Å². The Balaban J connectivity index is 1.97. The first-order valence-electron chi connectivity index (χ1n) is 7.74. The van der Waals surface area contributed by atoms with Crippen LogP contribution in [0.3, 0.4) is 0 Å². The van der Waals surface area contributed by atoms with E-state index in [1.165, 1.54) is 11.4 Å². The lowest BCUT2D eigenvalue weighted by Crippen LogP contribution is -2.41. The summed E-state index contributed by atoms with van der Waals surface area (Å²) in [6.07, 6.45) is 1.87. The molecule has 0 spiro atoms. The van der Waals surface area contributed by atoms with Gasteiger partial charge >= 0.3 is 5.97 Å². The number of aliphatic carboxylic acids is 1. The number of rotatable bonds is 6. The number of benzene rings is 1. The zero-order valence-corrected chi connectivity index (χ0v) is 13.9. The van der Waals surface area contributed by atoms with Crippen LogP contribution in [0.1, 0.15) is 30.7 Å². The number of fused-ring (bicyclic) bond motifs is 1. The smallest absolute Gasteiger partial charge is 0.310 e. The van der Waals surface area contributed by atoms with Gasteiger partial charge in [-0.3, -0.25) is 9.10 Å². The first-order valence-corrected chi connectivity index (χ1v) is 9.35. The van der Waals surface area contributed by atoms with Gasteiger partial charge in [-0.2, -0.15) is 0 Å². The van der Waals surface area contributed by atoms with Gasteiger partial charge in [0.15, 0.2) is 0 Å². The minimum absolute atomic E-state index is 0.0768. The third-order valence-electron chi connectivity index (χ3n) is 4.96. The van der Waals surface area contributed by atoms with Crippen LogP contribution < -0.4 is 4.31 Å². The second-order valence-corrected chi connectivity index (χ2v) is 8.26. The van der Waals surface area contributed by atoms with Gasteiger partial charge in [-0.15, -0.1) is 0 Å². The third-order valence-corrected chi connectivity index (χ3v) is 6.70. The SMILES string of the molecule is COCCS(=O)(=O)N1CCC(C2(C(=O)O)CC2)c2ccccc21. The van der Waals surface area contributed by atoms with E-state index in [9.17, 15) is 18.3 Å². The molecule has 1 unspecified atom stereocenters. The highest BCUT2D eigenvalue weighted by Crippen LogP contribution is 2.60. The van der Waals surface area contributed by atoms with Gasteiger partial charge in [-0.05, 0) is 30.9 Å². The quantitative estimate of drug-likeness (QED) is 0.855. The van der Waals surface area contributed by atoms with Gasteiger partial charge in [0.2, 0.25) is 10.0 Å². The molecule has 1 aromatic carbocycles. The van der Waals surface area contributed by atoms with E-state index in [-0.39, 0.29) is 18.3 Å². The van der Waals surface area contributed by atoms with E-state index in [4.69, 9.17) is 4.74 Å². The van der Waals surface area contributed by atoms with Crippen LogP contribution in [0, 0.1) is 5.41 Å². The first kappa shape index (κ1) is 16.3. The van der Waals surface area contributed by atoms with Crippen LogP contribution in [0.4, 0.5) is 5.69 Å². The molecule has 7 heteroatoms. The number of anilines is 1. The number of carbonyl (C=O) groups is 1. The highest BCUT2D eigenvalue weighted by Gasteiger charge is 2.57. The number of ether oxygens (including phenoxy) is 1. The number of carboxylic acids is 1. The van der Waals surface area contributed by atoms with Gasteiger partial charge in [0.1, 0.15) is 0 Å². The topological polar surface area (TPSA) is 83.9 Å². The summed E-state index contributed by atoms with van der Waals surface area (Å²) in [7, 11) is -2.00. The Hall–Kier alpha value is -1.60. The number of methoxy groups -OCH3 is 1. The summed E-state index contributed by atoms with van der Waals surface area (Å²) in [5, 5.41) is 9.58. The summed E-state index contributed by atoms with van der Waals surface area (Å²) in [5.41, 5.74) is 0.741. The van der Waals surface area contributed by atoms with Crippen molar-refractivity contribution in [3.63, 3.8) is 0 Å². The predicted octanol–water partition coefficient (Wildman–Crippen LogP) is 1.82. The van der Waals surface area contributed by atoms with E-state index in [0.717, 1.165) is 5.56 Å². The summed E-state index contributed by atoms with van der Waals surface area (Å²) >= 11 is 0. The predicted molar refractivity (Wildman–Crippen MR) is 86.1 cm³/mol. The molecule has 1 aliphatic heterocycles. The normalized spacial score (nSPS) is 22.5. The summed E-state index contributed by atoms with van der Waals surface area (Å²) in [6, 6.07) is 7.26. The molecule has 1 fully saturated rings. The average molecular weight is 339 g/mol. The highest BCUT2D eigenvalue weighted by molar-refractivity contribution is 7.92. The number of hydrogen-bond acceptors (Lipinski definition) is 4. The zero-order valence-electron chi connectivity index (χ0n) is 13.1. The lowest BCUT2D eigenvalue weighted by molar-refractivity contribution is -0.144. The molecule has 1 saturated carbocycles. The number of sulfonamides is 1. The van der Waals surface area contributed by atoms with Crippen LogP contribution in [0.25, 0.3) is 0 Å². The maximum Gasteiger partial charge on any atom is 0.310 e. The van der Waals surface area contributed by atoms with Crippen LogP contribution in [0.2, 0.25) is 0 Å². The van der Waals surface area contributed by atoms with Crippen LogP contribution in [0.15, 0.2) is 24.3 Å². The van der Waals surface area contributed by atoms with Crippen molar-refractivity contribution in [2.75, 3.05) is 30.3 Å². The number of hydrogen-bond donors (Lipinski definition) is 1. The van der Waals surface area contributed by atoms with E-state index in [2.05, 4.69) is 0 Å². The molecule has 3 rings (SSSR count). The zero-order chi connectivity index (χ0) is 16.7. The van der Waals surface area contributed by atoms with E-state index in [1.54, 1.807) is 12.1 Å². The van der Waals surface area contributed by atoms with Crippen LogP contribution in [-0.4, -0.2) is 45.5 Å². The van der Waals surface area contributed by atoms with Crippen molar-refractivity contribution < 1.29 is 23.1 Å². The van der Waals surface area contributed by atoms with Gasteiger partial charge in [0.25, 0.3) is 0 Å². The molecular formula is C16H21NO5S. The molecule has 6 nitrogen and oxygen atoms in total. The summed E-state index contributed by atoms with van der Waals surface area (Å²) in [4.78, 5) is 11.7. The van der Waals surface area contributed by atoms with Gasteiger partial charge in [-0.1, -0.05) is 18.2 Å². The highest BCUT2D eigenvalue weighted by atomic mass is 32.2. The first-order chi connectivity index (χ1) is 10.9. The molecule has 1 aromatic rings. The molecule has 0 bridgehead atoms. The second kappa shape index (κ2) is 5.79. The largest absolute Gasteiger partial charge is 0.481 e. The third kappa shape index (κ3) is 2.72. The van der Waals surface area contributed by atoms with Gasteiger partial charge in [0, 0.05) is 19.6 Å². The number of carboxylic acid groups (broad SMARTS) is 1. The molecule has 1 atom stereocenters. The van der Waals surface area contributed by atoms with E-state index in [0.29, 0.717) is 31.5 Å². The standard InChI is InChI=1S/C16H21NO5S/c1-22-10-11-23(20,21)17-9-6-13(16(7-8-16)15(18)19)12-4-2-3-5-14(12)17/h2-5,13H,6-11H2,1H3,(H,18,19). The number of nitrogens with zero attached hydrogens (tertiary/aromatic N) is 1. The maximum atomic E-state index is 12.5. The Kier molecular flexibility index (Phi) is 4.10. The van der Waals surface area contributed by atoms with Gasteiger partial charge < -0.3 is 9.84 Å². The Morgan fingerprint density at radius 1 is 1.39 bits per heavy atom. The van der Waals surface area contributed by atoms with Gasteiger partial charge in [-0.25, -0.2) is 8.42 Å². The van der Waals surface area contributed by atoms with Crippen molar-refractivity contribution in [3.8, 4) is 0 Å². The second-order valence-electron chi connectivity index (χ2n) is 6.24. The van der Waals surface area contributed by atoms with Crippen molar-refractivity contribution >= 4 is 21.7 Å². The molecule has 1 aliphatic carbocycles. The Morgan fingerprint density at radius 3 is 2.70 bits per heavy atom. The lowest BCUT2D eigenvalue weighted by Gasteiger charge is -2.37. The summed E-state index contributed by atoms with van der Waals surface area (Å²) in [5.74, 6) is -0.967.